The fraction of sp³-hybridized carbons (Fsp3) is 0.571. The topological polar surface area (TPSA) is 37.4 Å². The summed E-state index contributed by atoms with van der Waals surface area (Å²) in [6.07, 6.45) is 4.08. The molecule has 0 saturated carbocycles. The minimum atomic E-state index is -3.44. The van der Waals surface area contributed by atoms with Crippen molar-refractivity contribution in [2.24, 2.45) is 0 Å². The van der Waals surface area contributed by atoms with Crippen LogP contribution in [0.3, 0.4) is 0 Å². The van der Waals surface area contributed by atoms with Gasteiger partial charge in [-0.3, -0.25) is 0 Å². The summed E-state index contributed by atoms with van der Waals surface area (Å²) in [7, 11) is -3.44. The van der Waals surface area contributed by atoms with Gasteiger partial charge in [0.05, 0.1) is 4.90 Å². The molecular formula is C14H19BrClNO2S. The Hall–Kier alpha value is -0.100. The Labute approximate surface area is 134 Å². The Bertz CT molecular complexity index is 581. The van der Waals surface area contributed by atoms with E-state index >= 15 is 0 Å². The zero-order valence-electron chi connectivity index (χ0n) is 11.5. The summed E-state index contributed by atoms with van der Waals surface area (Å²) < 4.78 is 27.9. The standard InChI is InChI=1S/C14H19BrClNO2S/c1-11-8-12(10-16)9-13(14(11)15)20(18,19)17-6-4-2-3-5-7-17/h8-9H,2-7,10H2,1H3. The van der Waals surface area contributed by atoms with E-state index in [0.29, 0.717) is 28.3 Å². The van der Waals surface area contributed by atoms with E-state index in [2.05, 4.69) is 15.9 Å². The zero-order chi connectivity index (χ0) is 14.8. The SMILES string of the molecule is Cc1cc(CCl)cc(S(=O)(=O)N2CCCCCC2)c1Br. The molecule has 0 radical (unpaired) electrons. The molecule has 0 amide bonds. The van der Waals surface area contributed by atoms with Crippen LogP contribution in [-0.4, -0.2) is 25.8 Å². The van der Waals surface area contributed by atoms with Gasteiger partial charge < -0.3 is 0 Å². The number of aryl methyl sites for hydroxylation is 1. The highest BCUT2D eigenvalue weighted by atomic mass is 79.9. The maximum absolute atomic E-state index is 12.8. The third kappa shape index (κ3) is 3.38. The third-order valence-electron chi connectivity index (χ3n) is 3.62. The molecule has 0 spiro atoms. The Morgan fingerprint density at radius 2 is 1.80 bits per heavy atom. The van der Waals surface area contributed by atoms with Gasteiger partial charge in [-0.25, -0.2) is 8.42 Å². The van der Waals surface area contributed by atoms with Crippen molar-refractivity contribution < 1.29 is 8.42 Å². The van der Waals surface area contributed by atoms with Gasteiger partial charge in [0.25, 0.3) is 0 Å². The molecule has 6 heteroatoms. The summed E-state index contributed by atoms with van der Waals surface area (Å²) in [5.74, 6) is 0.316. The van der Waals surface area contributed by atoms with Crippen molar-refractivity contribution >= 4 is 37.6 Å². The number of hydrogen-bond donors (Lipinski definition) is 0. The number of hydrogen-bond acceptors (Lipinski definition) is 2. The first kappa shape index (κ1) is 16.3. The Balaban J connectivity index is 2.45. The van der Waals surface area contributed by atoms with Gasteiger partial charge in [-0.2, -0.15) is 4.31 Å². The molecule has 0 aliphatic carbocycles. The van der Waals surface area contributed by atoms with Crippen LogP contribution >= 0.6 is 27.5 Å². The molecule has 0 bridgehead atoms. The Morgan fingerprint density at radius 1 is 1.20 bits per heavy atom. The fourth-order valence-corrected chi connectivity index (χ4v) is 5.20. The quantitative estimate of drug-likeness (QED) is 0.742. The highest BCUT2D eigenvalue weighted by Crippen LogP contribution is 2.31. The van der Waals surface area contributed by atoms with Crippen molar-refractivity contribution in [1.29, 1.82) is 0 Å². The van der Waals surface area contributed by atoms with Crippen LogP contribution in [0.15, 0.2) is 21.5 Å². The van der Waals surface area contributed by atoms with Crippen molar-refractivity contribution in [1.82, 2.24) is 4.31 Å². The molecule has 1 aliphatic rings. The van der Waals surface area contributed by atoms with Gasteiger partial charge in [-0.15, -0.1) is 11.6 Å². The normalized spacial score (nSPS) is 17.9. The summed E-state index contributed by atoms with van der Waals surface area (Å²) in [6, 6.07) is 3.60. The van der Waals surface area contributed by atoms with E-state index in [1.54, 1.807) is 10.4 Å². The monoisotopic (exact) mass is 379 g/mol. The second kappa shape index (κ2) is 6.77. The number of alkyl halides is 1. The van der Waals surface area contributed by atoms with E-state index in [4.69, 9.17) is 11.6 Å². The van der Waals surface area contributed by atoms with E-state index in [1.165, 1.54) is 0 Å². The van der Waals surface area contributed by atoms with E-state index in [9.17, 15) is 8.42 Å². The van der Waals surface area contributed by atoms with Gasteiger partial charge in [0.1, 0.15) is 0 Å². The first-order valence-electron chi connectivity index (χ1n) is 6.82. The molecular weight excluding hydrogens is 362 g/mol. The highest BCUT2D eigenvalue weighted by Gasteiger charge is 2.28. The lowest BCUT2D eigenvalue weighted by Gasteiger charge is -2.21. The lowest BCUT2D eigenvalue weighted by molar-refractivity contribution is 0.423. The lowest BCUT2D eigenvalue weighted by Crippen LogP contribution is -2.32. The average molecular weight is 381 g/mol. The summed E-state index contributed by atoms with van der Waals surface area (Å²) in [5, 5.41) is 0. The first-order chi connectivity index (χ1) is 9.46. The average Bonchev–Trinajstić information content (AvgIpc) is 2.70. The Kier molecular flexibility index (Phi) is 5.51. The van der Waals surface area contributed by atoms with Gasteiger partial charge in [-0.1, -0.05) is 18.9 Å². The van der Waals surface area contributed by atoms with Gasteiger partial charge in [0.2, 0.25) is 10.0 Å². The minimum Gasteiger partial charge on any atom is -0.207 e. The number of rotatable bonds is 3. The largest absolute Gasteiger partial charge is 0.244 e. The van der Waals surface area contributed by atoms with Crippen LogP contribution in [0.25, 0.3) is 0 Å². The van der Waals surface area contributed by atoms with Crippen LogP contribution in [0, 0.1) is 6.92 Å². The third-order valence-corrected chi connectivity index (χ3v) is 7.16. The first-order valence-corrected chi connectivity index (χ1v) is 9.58. The maximum atomic E-state index is 12.8. The molecule has 112 valence electrons. The minimum absolute atomic E-state index is 0.316. The van der Waals surface area contributed by atoms with Crippen LogP contribution in [0.4, 0.5) is 0 Å². The molecule has 1 aromatic rings. The zero-order valence-corrected chi connectivity index (χ0v) is 14.7. The number of sulfonamides is 1. The molecule has 1 saturated heterocycles. The van der Waals surface area contributed by atoms with Gasteiger partial charge in [0, 0.05) is 23.4 Å². The second-order valence-electron chi connectivity index (χ2n) is 5.18. The van der Waals surface area contributed by atoms with Crippen molar-refractivity contribution in [3.8, 4) is 0 Å². The van der Waals surface area contributed by atoms with Crippen molar-refractivity contribution in [3.05, 3.63) is 27.7 Å². The molecule has 1 heterocycles. The summed E-state index contributed by atoms with van der Waals surface area (Å²) in [5.41, 5.74) is 1.73. The smallest absolute Gasteiger partial charge is 0.207 e. The summed E-state index contributed by atoms with van der Waals surface area (Å²) in [4.78, 5) is 0.343. The second-order valence-corrected chi connectivity index (χ2v) is 8.14. The van der Waals surface area contributed by atoms with E-state index < -0.39 is 10.0 Å². The van der Waals surface area contributed by atoms with Crippen LogP contribution in [0.1, 0.15) is 36.8 Å². The van der Waals surface area contributed by atoms with Crippen LogP contribution in [0.5, 0.6) is 0 Å². The molecule has 1 aromatic carbocycles. The van der Waals surface area contributed by atoms with Crippen LogP contribution in [-0.2, 0) is 15.9 Å². The molecule has 1 aliphatic heterocycles. The van der Waals surface area contributed by atoms with Crippen molar-refractivity contribution in [2.75, 3.05) is 13.1 Å². The Morgan fingerprint density at radius 3 is 2.35 bits per heavy atom. The molecule has 3 nitrogen and oxygen atoms in total. The number of benzene rings is 1. The highest BCUT2D eigenvalue weighted by molar-refractivity contribution is 9.10. The van der Waals surface area contributed by atoms with Crippen molar-refractivity contribution in [3.63, 3.8) is 0 Å². The predicted molar refractivity (Wildman–Crippen MR) is 85.7 cm³/mol. The molecule has 1 fully saturated rings. The molecule has 2 rings (SSSR count). The van der Waals surface area contributed by atoms with E-state index in [1.807, 2.05) is 13.0 Å². The molecule has 0 atom stereocenters. The molecule has 0 aromatic heterocycles. The van der Waals surface area contributed by atoms with Crippen molar-refractivity contribution in [2.45, 2.75) is 43.4 Å². The number of nitrogens with zero attached hydrogens (tertiary/aromatic N) is 1. The van der Waals surface area contributed by atoms with Gasteiger partial charge >= 0.3 is 0 Å². The molecule has 20 heavy (non-hydrogen) atoms. The van der Waals surface area contributed by atoms with E-state index in [-0.39, 0.29) is 0 Å². The van der Waals surface area contributed by atoms with Gasteiger partial charge in [-0.05, 0) is 52.9 Å². The lowest BCUT2D eigenvalue weighted by atomic mass is 10.2. The predicted octanol–water partition coefficient (Wildman–Crippen LogP) is 4.06. The summed E-state index contributed by atoms with van der Waals surface area (Å²) >= 11 is 9.28. The maximum Gasteiger partial charge on any atom is 0.244 e. The molecule has 0 unspecified atom stereocenters. The number of halogens is 2. The van der Waals surface area contributed by atoms with Gasteiger partial charge in [0.15, 0.2) is 0 Å². The van der Waals surface area contributed by atoms with Crippen LogP contribution < -0.4 is 0 Å². The van der Waals surface area contributed by atoms with Crippen LogP contribution in [0.2, 0.25) is 0 Å². The summed E-state index contributed by atoms with van der Waals surface area (Å²) in [6.45, 7) is 3.11. The fourth-order valence-electron chi connectivity index (χ4n) is 2.50. The molecule has 0 N–H and O–H groups in total. The van der Waals surface area contributed by atoms with E-state index in [0.717, 1.165) is 36.8 Å².